The highest BCUT2D eigenvalue weighted by Crippen LogP contribution is 2.49. The molecule has 1 aromatic carbocycles. The third-order valence-electron chi connectivity index (χ3n) is 7.54. The first kappa shape index (κ1) is 23.7. The van der Waals surface area contributed by atoms with Gasteiger partial charge in [0.1, 0.15) is 17.9 Å². The molecule has 186 valence electrons. The van der Waals surface area contributed by atoms with Gasteiger partial charge in [-0.1, -0.05) is 0 Å². The van der Waals surface area contributed by atoms with Crippen molar-refractivity contribution in [1.82, 2.24) is 24.8 Å². The highest BCUT2D eigenvalue weighted by atomic mass is 16.5. The number of aromatic nitrogens is 4. The maximum Gasteiger partial charge on any atom is 0.163 e. The van der Waals surface area contributed by atoms with Gasteiger partial charge in [0.15, 0.2) is 5.82 Å². The lowest BCUT2D eigenvalue weighted by molar-refractivity contribution is 0.138. The lowest BCUT2D eigenvalue weighted by Crippen LogP contribution is -2.70. The maximum absolute atomic E-state index is 9.76. The molecule has 9 heteroatoms. The zero-order valence-corrected chi connectivity index (χ0v) is 21.7. The first-order chi connectivity index (χ1) is 17.2. The molecular weight excluding hydrogens is 452 g/mol. The largest absolute Gasteiger partial charge is 0.492 e. The van der Waals surface area contributed by atoms with Crippen LogP contribution in [0.25, 0.3) is 17.5 Å². The van der Waals surface area contributed by atoms with Crippen molar-refractivity contribution < 1.29 is 4.74 Å². The third kappa shape index (κ3) is 3.73. The van der Waals surface area contributed by atoms with Gasteiger partial charge in [0.2, 0.25) is 0 Å². The fraction of sp³-hybridized carbons (Fsp3) is 0.407. The quantitative estimate of drug-likeness (QED) is 0.545. The molecule has 0 spiro atoms. The average molecular weight is 485 g/mol. The lowest BCUT2D eigenvalue weighted by atomic mass is 9.64. The van der Waals surface area contributed by atoms with Crippen molar-refractivity contribution in [2.75, 3.05) is 23.5 Å². The van der Waals surface area contributed by atoms with Crippen molar-refractivity contribution in [3.63, 3.8) is 0 Å². The maximum atomic E-state index is 9.76. The predicted octanol–water partition coefficient (Wildman–Crippen LogP) is 4.53. The minimum atomic E-state index is -0.412. The molecule has 3 aromatic rings. The van der Waals surface area contributed by atoms with Crippen LogP contribution in [0.1, 0.15) is 44.5 Å². The molecule has 0 saturated carbocycles. The summed E-state index contributed by atoms with van der Waals surface area (Å²) in [5.74, 6) is 2.47. The Kier molecular flexibility index (Phi) is 5.62. The van der Waals surface area contributed by atoms with E-state index in [1.54, 1.807) is 6.33 Å². The molecule has 36 heavy (non-hydrogen) atoms. The van der Waals surface area contributed by atoms with E-state index in [0.29, 0.717) is 19.7 Å². The van der Waals surface area contributed by atoms with E-state index in [0.717, 1.165) is 45.5 Å². The molecular formula is C27H32N8O. The van der Waals surface area contributed by atoms with Crippen LogP contribution >= 0.6 is 0 Å². The topological polar surface area (TPSA) is 95.1 Å². The Bertz CT molecular complexity index is 1380. The summed E-state index contributed by atoms with van der Waals surface area (Å²) in [6.45, 7) is 12.1. The number of rotatable bonds is 6. The number of benzene rings is 1. The van der Waals surface area contributed by atoms with E-state index in [2.05, 4.69) is 52.6 Å². The molecule has 4 heterocycles. The van der Waals surface area contributed by atoms with Gasteiger partial charge >= 0.3 is 0 Å². The zero-order valence-electron chi connectivity index (χ0n) is 21.7. The Labute approximate surface area is 212 Å². The minimum absolute atomic E-state index is 0.312. The van der Waals surface area contributed by atoms with Crippen LogP contribution in [0.2, 0.25) is 0 Å². The van der Waals surface area contributed by atoms with Crippen LogP contribution < -0.4 is 15.1 Å². The van der Waals surface area contributed by atoms with Gasteiger partial charge in [0.25, 0.3) is 0 Å². The van der Waals surface area contributed by atoms with Crippen LogP contribution in [0.15, 0.2) is 36.8 Å². The number of ether oxygens (including phenoxy) is 1. The Hall–Kier alpha value is -4.06. The second-order valence-corrected chi connectivity index (χ2v) is 10.2. The van der Waals surface area contributed by atoms with Gasteiger partial charge in [-0.05, 0) is 70.5 Å². The molecule has 2 aliphatic heterocycles. The summed E-state index contributed by atoms with van der Waals surface area (Å²) in [6, 6.07) is 10.6. The van der Waals surface area contributed by atoms with Crippen molar-refractivity contribution in [2.24, 2.45) is 12.5 Å². The van der Waals surface area contributed by atoms with Gasteiger partial charge in [0.05, 0.1) is 35.9 Å². The summed E-state index contributed by atoms with van der Waals surface area (Å²) in [7, 11) is 1.92. The number of pyridine rings is 1. The number of anilines is 2. The van der Waals surface area contributed by atoms with Crippen LogP contribution in [0, 0.1) is 23.7 Å². The van der Waals surface area contributed by atoms with Gasteiger partial charge in [0, 0.05) is 36.6 Å². The molecule has 1 atom stereocenters. The van der Waals surface area contributed by atoms with Gasteiger partial charge in [-0.2, -0.15) is 5.26 Å². The number of nitrogens with zero attached hydrogens (tertiary/aromatic N) is 7. The summed E-state index contributed by atoms with van der Waals surface area (Å²) in [5, 5.41) is 20.0. The summed E-state index contributed by atoms with van der Waals surface area (Å²) in [5.41, 5.74) is 7.84. The van der Waals surface area contributed by atoms with E-state index in [-0.39, 0.29) is 5.54 Å². The zero-order chi connectivity index (χ0) is 25.7. The van der Waals surface area contributed by atoms with E-state index >= 15 is 0 Å². The molecule has 2 aliphatic rings. The third-order valence-corrected chi connectivity index (χ3v) is 7.54. The number of hydrazine groups is 1. The lowest BCUT2D eigenvalue weighted by Gasteiger charge is -2.60. The van der Waals surface area contributed by atoms with Crippen LogP contribution in [-0.4, -0.2) is 43.4 Å². The standard InChI is InChI=1S/C27H32N8O/c1-7-36-23-13-20(24-31-29-17-33(24)6)8-9-22(23)32-34-11-10-19-12-18(2)30-25(21(19)14-34)35-16-27(5,15-28)26(35,3)4/h8-13,17,32H,7,14,16H2,1-6H3. The first-order valence-corrected chi connectivity index (χ1v) is 12.2. The summed E-state index contributed by atoms with van der Waals surface area (Å²) >= 11 is 0. The van der Waals surface area contributed by atoms with Crippen molar-refractivity contribution in [1.29, 1.82) is 5.26 Å². The number of aryl methyl sites for hydroxylation is 2. The SMILES string of the molecule is CCOc1cc(-c2nncn2C)ccc1NN1C=Cc2cc(C)nc(N3CC(C)(C#N)C3(C)C)c2C1. The minimum Gasteiger partial charge on any atom is -0.492 e. The van der Waals surface area contributed by atoms with E-state index < -0.39 is 5.41 Å². The number of nitrogens with one attached hydrogen (secondary N) is 1. The molecule has 0 amide bonds. The monoisotopic (exact) mass is 484 g/mol. The fourth-order valence-corrected chi connectivity index (χ4v) is 4.87. The van der Waals surface area contributed by atoms with Crippen molar-refractivity contribution in [2.45, 2.75) is 46.7 Å². The summed E-state index contributed by atoms with van der Waals surface area (Å²) < 4.78 is 7.85. The second-order valence-electron chi connectivity index (χ2n) is 10.2. The highest BCUT2D eigenvalue weighted by molar-refractivity contribution is 5.69. The van der Waals surface area contributed by atoms with Gasteiger partial charge < -0.3 is 14.2 Å². The normalized spacial score (nSPS) is 19.9. The van der Waals surface area contributed by atoms with E-state index in [1.807, 2.05) is 61.8 Å². The van der Waals surface area contributed by atoms with Crippen molar-refractivity contribution in [3.8, 4) is 23.2 Å². The van der Waals surface area contributed by atoms with Gasteiger partial charge in [-0.15, -0.1) is 10.2 Å². The van der Waals surface area contributed by atoms with E-state index in [1.165, 1.54) is 0 Å². The van der Waals surface area contributed by atoms with Gasteiger partial charge in [-0.25, -0.2) is 4.98 Å². The van der Waals surface area contributed by atoms with E-state index in [9.17, 15) is 5.26 Å². The molecule has 5 rings (SSSR count). The molecule has 0 bridgehead atoms. The van der Waals surface area contributed by atoms with Crippen LogP contribution in [-0.2, 0) is 13.6 Å². The van der Waals surface area contributed by atoms with E-state index in [4.69, 9.17) is 9.72 Å². The molecule has 1 N–H and O–H groups in total. The smallest absolute Gasteiger partial charge is 0.163 e. The summed E-state index contributed by atoms with van der Waals surface area (Å²) in [4.78, 5) is 7.19. The molecule has 9 nitrogen and oxygen atoms in total. The molecule has 0 radical (unpaired) electrons. The number of nitriles is 1. The Morgan fingerprint density at radius 1 is 1.22 bits per heavy atom. The Morgan fingerprint density at radius 2 is 2.03 bits per heavy atom. The van der Waals surface area contributed by atoms with Crippen LogP contribution in [0.5, 0.6) is 5.75 Å². The molecule has 1 saturated heterocycles. The Balaban J connectivity index is 1.44. The van der Waals surface area contributed by atoms with Crippen molar-refractivity contribution >= 4 is 17.6 Å². The number of fused-ring (bicyclic) bond motifs is 1. The predicted molar refractivity (Wildman–Crippen MR) is 140 cm³/mol. The van der Waals surface area contributed by atoms with Gasteiger partial charge in [-0.3, -0.25) is 10.4 Å². The highest BCUT2D eigenvalue weighted by Gasteiger charge is 2.57. The van der Waals surface area contributed by atoms with Crippen LogP contribution in [0.3, 0.4) is 0 Å². The number of hydrogen-bond acceptors (Lipinski definition) is 8. The first-order valence-electron chi connectivity index (χ1n) is 12.2. The molecule has 0 aliphatic carbocycles. The summed E-state index contributed by atoms with van der Waals surface area (Å²) in [6.07, 6.45) is 5.83. The number of hydrogen-bond donors (Lipinski definition) is 1. The average Bonchev–Trinajstić information content (AvgIpc) is 3.29. The molecule has 1 fully saturated rings. The molecule has 1 unspecified atom stereocenters. The fourth-order valence-electron chi connectivity index (χ4n) is 4.87. The van der Waals surface area contributed by atoms with Crippen molar-refractivity contribution in [3.05, 3.63) is 53.6 Å². The molecule has 2 aromatic heterocycles. The Morgan fingerprint density at radius 3 is 2.69 bits per heavy atom. The van der Waals surface area contributed by atoms with Crippen LogP contribution in [0.4, 0.5) is 11.5 Å². The second kappa shape index (κ2) is 8.55.